The highest BCUT2D eigenvalue weighted by Gasteiger charge is 2.57. The summed E-state index contributed by atoms with van der Waals surface area (Å²) in [6.45, 7) is 14.8. The van der Waals surface area contributed by atoms with Gasteiger partial charge in [0.25, 0.3) is 0 Å². The molecule has 0 aromatic rings. The van der Waals surface area contributed by atoms with Gasteiger partial charge in [0.2, 0.25) is 0 Å². The minimum atomic E-state index is 0.410. The van der Waals surface area contributed by atoms with Crippen molar-refractivity contribution in [3.63, 3.8) is 0 Å². The first kappa shape index (κ1) is 13.4. The number of piperidine rings is 1. The standard InChI is InChI=1S/C16H31N/c1-14(2,3)16(15(4,5)6)10-12-8-9-13(11-16)17(12)7/h12-13H,8-11H2,1-7H3. The molecule has 2 aliphatic heterocycles. The number of fused-ring (bicyclic) bond motifs is 2. The first-order chi connectivity index (χ1) is 7.58. The van der Waals surface area contributed by atoms with Crippen LogP contribution < -0.4 is 0 Å². The van der Waals surface area contributed by atoms with Crippen LogP contribution in [0.15, 0.2) is 0 Å². The van der Waals surface area contributed by atoms with E-state index in [1.165, 1.54) is 25.7 Å². The van der Waals surface area contributed by atoms with Crippen LogP contribution in [-0.2, 0) is 0 Å². The summed E-state index contributed by atoms with van der Waals surface area (Å²) >= 11 is 0. The zero-order valence-corrected chi connectivity index (χ0v) is 12.9. The fraction of sp³-hybridized carbons (Fsp3) is 1.00. The van der Waals surface area contributed by atoms with Crippen LogP contribution >= 0.6 is 0 Å². The van der Waals surface area contributed by atoms with Crippen LogP contribution in [0, 0.1) is 16.2 Å². The molecule has 0 radical (unpaired) electrons. The zero-order valence-electron chi connectivity index (χ0n) is 12.9. The van der Waals surface area contributed by atoms with E-state index in [-0.39, 0.29) is 0 Å². The molecule has 1 nitrogen and oxygen atoms in total. The Kier molecular flexibility index (Phi) is 2.94. The van der Waals surface area contributed by atoms with Crippen LogP contribution in [0.4, 0.5) is 0 Å². The molecular weight excluding hydrogens is 206 g/mol. The molecule has 0 aliphatic carbocycles. The number of hydrogen-bond acceptors (Lipinski definition) is 1. The molecule has 0 aromatic carbocycles. The molecule has 100 valence electrons. The lowest BCUT2D eigenvalue weighted by Crippen LogP contribution is -2.56. The van der Waals surface area contributed by atoms with Gasteiger partial charge in [0, 0.05) is 12.1 Å². The van der Waals surface area contributed by atoms with Gasteiger partial charge in [-0.3, -0.25) is 0 Å². The van der Waals surface area contributed by atoms with E-state index in [0.717, 1.165) is 12.1 Å². The third kappa shape index (κ3) is 1.85. The summed E-state index contributed by atoms with van der Waals surface area (Å²) in [6, 6.07) is 1.68. The second-order valence-corrected chi connectivity index (χ2v) is 8.54. The van der Waals surface area contributed by atoms with Crippen LogP contribution in [0.1, 0.15) is 67.2 Å². The molecule has 2 unspecified atom stereocenters. The van der Waals surface area contributed by atoms with Gasteiger partial charge < -0.3 is 4.90 Å². The van der Waals surface area contributed by atoms with E-state index < -0.39 is 0 Å². The SMILES string of the molecule is CN1C2CCC1CC(C(C)(C)C)(C(C)(C)C)C2. The summed E-state index contributed by atoms with van der Waals surface area (Å²) in [7, 11) is 2.34. The van der Waals surface area contributed by atoms with E-state index in [0.29, 0.717) is 16.2 Å². The van der Waals surface area contributed by atoms with Crippen LogP contribution in [0.5, 0.6) is 0 Å². The van der Waals surface area contributed by atoms with Crippen LogP contribution in [0.2, 0.25) is 0 Å². The molecule has 2 aliphatic rings. The van der Waals surface area contributed by atoms with Crippen molar-refractivity contribution in [2.75, 3.05) is 7.05 Å². The number of rotatable bonds is 0. The van der Waals surface area contributed by atoms with E-state index in [4.69, 9.17) is 0 Å². The van der Waals surface area contributed by atoms with Crippen molar-refractivity contribution >= 4 is 0 Å². The van der Waals surface area contributed by atoms with Gasteiger partial charge >= 0.3 is 0 Å². The lowest BCUT2D eigenvalue weighted by molar-refractivity contribution is -0.101. The number of nitrogens with zero attached hydrogens (tertiary/aromatic N) is 1. The van der Waals surface area contributed by atoms with Gasteiger partial charge in [-0.25, -0.2) is 0 Å². The summed E-state index contributed by atoms with van der Waals surface area (Å²) in [6.07, 6.45) is 5.64. The van der Waals surface area contributed by atoms with Crippen LogP contribution in [0.25, 0.3) is 0 Å². The van der Waals surface area contributed by atoms with E-state index in [1.54, 1.807) is 0 Å². The molecule has 0 N–H and O–H groups in total. The molecule has 0 saturated carbocycles. The smallest absolute Gasteiger partial charge is 0.0101 e. The minimum absolute atomic E-state index is 0.410. The van der Waals surface area contributed by atoms with E-state index in [9.17, 15) is 0 Å². The fourth-order valence-corrected chi connectivity index (χ4v) is 4.82. The molecule has 2 rings (SSSR count). The maximum Gasteiger partial charge on any atom is 0.0101 e. The first-order valence-electron chi connectivity index (χ1n) is 7.30. The van der Waals surface area contributed by atoms with Crippen LogP contribution in [0.3, 0.4) is 0 Å². The molecule has 0 aromatic heterocycles. The molecule has 0 spiro atoms. The average Bonchev–Trinajstić information content (AvgIpc) is 2.38. The molecule has 2 fully saturated rings. The highest BCUT2D eigenvalue weighted by Crippen LogP contribution is 2.62. The Hall–Kier alpha value is -0.0400. The third-order valence-electron chi connectivity index (χ3n) is 6.02. The summed E-state index contributed by atoms with van der Waals surface area (Å²) < 4.78 is 0. The zero-order chi connectivity index (χ0) is 13.1. The van der Waals surface area contributed by atoms with Crippen molar-refractivity contribution in [3.05, 3.63) is 0 Å². The Morgan fingerprint density at radius 2 is 1.18 bits per heavy atom. The molecule has 0 amide bonds. The molecule has 2 heterocycles. The molecule has 2 atom stereocenters. The van der Waals surface area contributed by atoms with E-state index in [2.05, 4.69) is 53.5 Å². The first-order valence-corrected chi connectivity index (χ1v) is 7.30. The van der Waals surface area contributed by atoms with Crippen molar-refractivity contribution in [1.82, 2.24) is 4.90 Å². The normalized spacial score (nSPS) is 34.1. The maximum atomic E-state index is 2.66. The molecular formula is C16H31N. The summed E-state index contributed by atoms with van der Waals surface area (Å²) in [4.78, 5) is 2.66. The second-order valence-electron chi connectivity index (χ2n) is 8.54. The molecule has 17 heavy (non-hydrogen) atoms. The van der Waals surface area contributed by atoms with E-state index >= 15 is 0 Å². The van der Waals surface area contributed by atoms with Crippen molar-refractivity contribution in [2.45, 2.75) is 79.3 Å². The van der Waals surface area contributed by atoms with Gasteiger partial charge in [-0.2, -0.15) is 0 Å². The van der Waals surface area contributed by atoms with E-state index in [1.807, 2.05) is 0 Å². The summed E-state index contributed by atoms with van der Waals surface area (Å²) in [5.74, 6) is 0. The van der Waals surface area contributed by atoms with Crippen molar-refractivity contribution in [3.8, 4) is 0 Å². The lowest BCUT2D eigenvalue weighted by atomic mass is 9.49. The number of hydrogen-bond donors (Lipinski definition) is 0. The van der Waals surface area contributed by atoms with Gasteiger partial charge in [0.15, 0.2) is 0 Å². The molecule has 2 bridgehead atoms. The van der Waals surface area contributed by atoms with Gasteiger partial charge in [-0.05, 0) is 49.0 Å². The van der Waals surface area contributed by atoms with Gasteiger partial charge in [0.1, 0.15) is 0 Å². The third-order valence-corrected chi connectivity index (χ3v) is 6.02. The molecule has 1 heteroatoms. The topological polar surface area (TPSA) is 3.24 Å². The Labute approximate surface area is 108 Å². The van der Waals surface area contributed by atoms with Gasteiger partial charge in [-0.1, -0.05) is 41.5 Å². The quantitative estimate of drug-likeness (QED) is 0.606. The Bertz CT molecular complexity index is 262. The van der Waals surface area contributed by atoms with Crippen molar-refractivity contribution < 1.29 is 0 Å². The van der Waals surface area contributed by atoms with Gasteiger partial charge in [-0.15, -0.1) is 0 Å². The van der Waals surface area contributed by atoms with Crippen molar-refractivity contribution in [1.29, 1.82) is 0 Å². The Morgan fingerprint density at radius 3 is 1.47 bits per heavy atom. The summed E-state index contributed by atoms with van der Waals surface area (Å²) in [5.41, 5.74) is 1.32. The highest BCUT2D eigenvalue weighted by atomic mass is 15.2. The lowest BCUT2D eigenvalue weighted by Gasteiger charge is -2.59. The predicted octanol–water partition coefficient (Wildman–Crippen LogP) is 4.32. The van der Waals surface area contributed by atoms with Crippen LogP contribution in [-0.4, -0.2) is 24.0 Å². The fourth-order valence-electron chi connectivity index (χ4n) is 4.82. The maximum absolute atomic E-state index is 2.66. The largest absolute Gasteiger partial charge is 0.300 e. The highest BCUT2D eigenvalue weighted by molar-refractivity contribution is 5.08. The minimum Gasteiger partial charge on any atom is -0.300 e. The second kappa shape index (κ2) is 3.73. The Balaban J connectivity index is 2.39. The Morgan fingerprint density at radius 1 is 0.824 bits per heavy atom. The molecule has 2 saturated heterocycles. The summed E-state index contributed by atoms with van der Waals surface area (Å²) in [5, 5.41) is 0. The van der Waals surface area contributed by atoms with Gasteiger partial charge in [0.05, 0.1) is 0 Å². The average molecular weight is 237 g/mol. The van der Waals surface area contributed by atoms with Crippen molar-refractivity contribution in [2.24, 2.45) is 16.2 Å². The predicted molar refractivity (Wildman–Crippen MR) is 75.2 cm³/mol. The monoisotopic (exact) mass is 237 g/mol.